The van der Waals surface area contributed by atoms with Gasteiger partial charge in [-0.05, 0) is 32.2 Å². The van der Waals surface area contributed by atoms with Crippen LogP contribution in [0.5, 0.6) is 0 Å². The highest BCUT2D eigenvalue weighted by Gasteiger charge is 1.97. The van der Waals surface area contributed by atoms with Crippen molar-refractivity contribution in [3.8, 4) is 0 Å². The first-order chi connectivity index (χ1) is 6.68. The normalized spacial score (nSPS) is 11.1. The Kier molecular flexibility index (Phi) is 5.12. The summed E-state index contributed by atoms with van der Waals surface area (Å²) < 4.78 is 0. The molecule has 0 aliphatic heterocycles. The summed E-state index contributed by atoms with van der Waals surface area (Å²) in [6.07, 6.45) is 2.57. The molecule has 3 heteroatoms. The summed E-state index contributed by atoms with van der Waals surface area (Å²) in [5.74, 6) is 0.818. The van der Waals surface area contributed by atoms with E-state index in [9.17, 15) is 0 Å². The molecule has 0 radical (unpaired) electrons. The monoisotopic (exact) mass is 212 g/mol. The third-order valence-electron chi connectivity index (χ3n) is 2.11. The SMILES string of the molecule is Cc1nc(CNCCCC(C)C)cs1. The summed E-state index contributed by atoms with van der Waals surface area (Å²) in [6.45, 7) is 8.61. The molecular formula is C11H20N2S. The van der Waals surface area contributed by atoms with Crippen molar-refractivity contribution in [3.63, 3.8) is 0 Å². The van der Waals surface area contributed by atoms with Crippen LogP contribution in [0.15, 0.2) is 5.38 Å². The van der Waals surface area contributed by atoms with Gasteiger partial charge in [0.25, 0.3) is 0 Å². The van der Waals surface area contributed by atoms with Crippen molar-refractivity contribution < 1.29 is 0 Å². The van der Waals surface area contributed by atoms with Gasteiger partial charge in [0, 0.05) is 11.9 Å². The fourth-order valence-electron chi connectivity index (χ4n) is 1.34. The van der Waals surface area contributed by atoms with Crippen LogP contribution < -0.4 is 5.32 Å². The molecule has 0 unspecified atom stereocenters. The van der Waals surface area contributed by atoms with Gasteiger partial charge in [0.2, 0.25) is 0 Å². The van der Waals surface area contributed by atoms with E-state index in [1.54, 1.807) is 11.3 Å². The van der Waals surface area contributed by atoms with Crippen molar-refractivity contribution in [2.75, 3.05) is 6.54 Å². The smallest absolute Gasteiger partial charge is 0.0897 e. The highest BCUT2D eigenvalue weighted by Crippen LogP contribution is 2.07. The molecule has 1 aromatic rings. The summed E-state index contributed by atoms with van der Waals surface area (Å²) in [6, 6.07) is 0. The fraction of sp³-hybridized carbons (Fsp3) is 0.727. The Morgan fingerprint density at radius 1 is 1.50 bits per heavy atom. The molecule has 0 aliphatic rings. The van der Waals surface area contributed by atoms with Crippen LogP contribution in [0.25, 0.3) is 0 Å². The number of rotatable bonds is 6. The Labute approximate surface area is 90.8 Å². The zero-order valence-electron chi connectivity index (χ0n) is 9.34. The number of thiazole rings is 1. The molecule has 0 bridgehead atoms. The van der Waals surface area contributed by atoms with Gasteiger partial charge in [-0.25, -0.2) is 4.98 Å². The van der Waals surface area contributed by atoms with E-state index in [-0.39, 0.29) is 0 Å². The van der Waals surface area contributed by atoms with Gasteiger partial charge >= 0.3 is 0 Å². The molecule has 0 spiro atoms. The highest BCUT2D eigenvalue weighted by molar-refractivity contribution is 7.09. The maximum Gasteiger partial charge on any atom is 0.0897 e. The van der Waals surface area contributed by atoms with Crippen LogP contribution in [-0.2, 0) is 6.54 Å². The maximum absolute atomic E-state index is 4.40. The van der Waals surface area contributed by atoms with Gasteiger partial charge in [-0.3, -0.25) is 0 Å². The van der Waals surface area contributed by atoms with Gasteiger partial charge in [-0.2, -0.15) is 0 Å². The topological polar surface area (TPSA) is 24.9 Å². The third kappa shape index (κ3) is 4.72. The van der Waals surface area contributed by atoms with Crippen LogP contribution >= 0.6 is 11.3 Å². The number of aromatic nitrogens is 1. The van der Waals surface area contributed by atoms with E-state index < -0.39 is 0 Å². The maximum atomic E-state index is 4.40. The van der Waals surface area contributed by atoms with E-state index in [1.807, 2.05) is 6.92 Å². The van der Waals surface area contributed by atoms with Crippen LogP contribution in [0.1, 0.15) is 37.4 Å². The lowest BCUT2D eigenvalue weighted by Crippen LogP contribution is -2.15. The second-order valence-corrected chi connectivity index (χ2v) is 5.13. The highest BCUT2D eigenvalue weighted by atomic mass is 32.1. The van der Waals surface area contributed by atoms with Crippen LogP contribution in [0.4, 0.5) is 0 Å². The molecule has 0 aromatic carbocycles. The molecule has 0 saturated carbocycles. The van der Waals surface area contributed by atoms with Crippen molar-refractivity contribution in [2.45, 2.75) is 40.2 Å². The Bertz CT molecular complexity index is 256. The van der Waals surface area contributed by atoms with E-state index in [4.69, 9.17) is 0 Å². The molecule has 1 heterocycles. The molecule has 0 atom stereocenters. The van der Waals surface area contributed by atoms with Gasteiger partial charge in [0.1, 0.15) is 0 Å². The largest absolute Gasteiger partial charge is 0.311 e. The predicted molar refractivity (Wildman–Crippen MR) is 62.6 cm³/mol. The second-order valence-electron chi connectivity index (χ2n) is 4.07. The summed E-state index contributed by atoms with van der Waals surface area (Å²) in [5, 5.41) is 6.70. The standard InChI is InChI=1S/C11H20N2S/c1-9(2)5-4-6-12-7-11-8-14-10(3)13-11/h8-9,12H,4-7H2,1-3H3. The fourth-order valence-corrected chi connectivity index (χ4v) is 1.95. The number of aryl methyl sites for hydroxylation is 1. The van der Waals surface area contributed by atoms with Gasteiger partial charge in [0.05, 0.1) is 10.7 Å². The van der Waals surface area contributed by atoms with Crippen molar-refractivity contribution in [1.82, 2.24) is 10.3 Å². The molecule has 1 aromatic heterocycles. The molecule has 0 aliphatic carbocycles. The van der Waals surface area contributed by atoms with E-state index >= 15 is 0 Å². The molecule has 0 fully saturated rings. The summed E-state index contributed by atoms with van der Waals surface area (Å²) in [7, 11) is 0. The molecule has 1 N–H and O–H groups in total. The molecular weight excluding hydrogens is 192 g/mol. The first-order valence-electron chi connectivity index (χ1n) is 5.30. The number of hydrogen-bond donors (Lipinski definition) is 1. The van der Waals surface area contributed by atoms with E-state index in [0.717, 1.165) is 24.0 Å². The molecule has 0 amide bonds. The average molecular weight is 212 g/mol. The zero-order chi connectivity index (χ0) is 10.4. The van der Waals surface area contributed by atoms with E-state index in [2.05, 4.69) is 29.5 Å². The van der Waals surface area contributed by atoms with Gasteiger partial charge < -0.3 is 5.32 Å². The predicted octanol–water partition coefficient (Wildman–Crippen LogP) is 2.98. The summed E-state index contributed by atoms with van der Waals surface area (Å²) in [4.78, 5) is 4.40. The number of hydrogen-bond acceptors (Lipinski definition) is 3. The Hall–Kier alpha value is -0.410. The van der Waals surface area contributed by atoms with Crippen molar-refractivity contribution in [3.05, 3.63) is 16.1 Å². The summed E-state index contributed by atoms with van der Waals surface area (Å²) in [5.41, 5.74) is 1.18. The Morgan fingerprint density at radius 2 is 2.29 bits per heavy atom. The van der Waals surface area contributed by atoms with Crippen LogP contribution in [-0.4, -0.2) is 11.5 Å². The average Bonchev–Trinajstić information content (AvgIpc) is 2.50. The lowest BCUT2D eigenvalue weighted by Gasteiger charge is -2.04. The minimum absolute atomic E-state index is 0.818. The van der Waals surface area contributed by atoms with Crippen LogP contribution in [0, 0.1) is 12.8 Å². The lowest BCUT2D eigenvalue weighted by molar-refractivity contribution is 0.526. The quantitative estimate of drug-likeness (QED) is 0.733. The molecule has 2 nitrogen and oxygen atoms in total. The minimum Gasteiger partial charge on any atom is -0.311 e. The van der Waals surface area contributed by atoms with Crippen LogP contribution in [0.3, 0.4) is 0 Å². The first-order valence-corrected chi connectivity index (χ1v) is 6.18. The van der Waals surface area contributed by atoms with Crippen molar-refractivity contribution >= 4 is 11.3 Å². The minimum atomic E-state index is 0.818. The lowest BCUT2D eigenvalue weighted by atomic mass is 10.1. The number of nitrogens with one attached hydrogen (secondary N) is 1. The number of nitrogens with zero attached hydrogens (tertiary/aromatic N) is 1. The second kappa shape index (κ2) is 6.14. The summed E-state index contributed by atoms with van der Waals surface area (Å²) >= 11 is 1.72. The van der Waals surface area contributed by atoms with Crippen molar-refractivity contribution in [1.29, 1.82) is 0 Å². The van der Waals surface area contributed by atoms with Crippen molar-refractivity contribution in [2.24, 2.45) is 5.92 Å². The van der Waals surface area contributed by atoms with E-state index in [1.165, 1.54) is 18.5 Å². The van der Waals surface area contributed by atoms with Crippen LogP contribution in [0.2, 0.25) is 0 Å². The molecule has 1 rings (SSSR count). The Balaban J connectivity index is 2.04. The Morgan fingerprint density at radius 3 is 2.86 bits per heavy atom. The van der Waals surface area contributed by atoms with Gasteiger partial charge in [0.15, 0.2) is 0 Å². The van der Waals surface area contributed by atoms with Gasteiger partial charge in [-0.1, -0.05) is 13.8 Å². The molecule has 0 saturated heterocycles. The molecule has 80 valence electrons. The zero-order valence-corrected chi connectivity index (χ0v) is 10.2. The van der Waals surface area contributed by atoms with E-state index in [0.29, 0.717) is 0 Å². The van der Waals surface area contributed by atoms with Gasteiger partial charge in [-0.15, -0.1) is 11.3 Å². The molecule has 14 heavy (non-hydrogen) atoms. The first kappa shape index (κ1) is 11.7. The third-order valence-corrected chi connectivity index (χ3v) is 2.93.